The summed E-state index contributed by atoms with van der Waals surface area (Å²) in [5.74, 6) is 0.829. The number of benzene rings is 6. The second-order valence-corrected chi connectivity index (χ2v) is 12.7. The molecule has 7 aromatic rings. The normalized spacial score (nSPS) is 11.3. The molecular weight excluding hydrogens is 557 g/mol. The van der Waals surface area contributed by atoms with E-state index in [0.29, 0.717) is 0 Å². The van der Waals surface area contributed by atoms with Crippen molar-refractivity contribution in [3.63, 3.8) is 0 Å². The summed E-state index contributed by atoms with van der Waals surface area (Å²) in [5.41, 5.74) is 14.1. The molecule has 0 saturated heterocycles. The van der Waals surface area contributed by atoms with Crippen LogP contribution in [0.4, 0.5) is 17.2 Å². The first-order valence-corrected chi connectivity index (χ1v) is 16.0. The maximum atomic E-state index is 4.75. The van der Waals surface area contributed by atoms with E-state index >= 15 is 0 Å². The van der Waals surface area contributed by atoms with Gasteiger partial charge in [0.2, 0.25) is 6.71 Å². The van der Waals surface area contributed by atoms with Crippen LogP contribution < -0.4 is 21.3 Å². The fraction of sp³-hybridized carbons (Fsp3) is 0.143. The number of fused-ring (bicyclic) bond motifs is 2. The first kappa shape index (κ1) is 29.5. The largest absolute Gasteiger partial charge is 0.294 e. The quantitative estimate of drug-likeness (QED) is 0.180. The van der Waals surface area contributed by atoms with Gasteiger partial charge in [-0.15, -0.1) is 0 Å². The van der Waals surface area contributed by atoms with Crippen LogP contribution in [0.5, 0.6) is 0 Å². The number of rotatable bonds is 6. The van der Waals surface area contributed by atoms with Crippen LogP contribution in [0.3, 0.4) is 0 Å². The Morgan fingerprint density at radius 3 is 1.74 bits per heavy atom. The number of nitrogens with zero attached hydrogens (tertiary/aromatic N) is 3. The van der Waals surface area contributed by atoms with Crippen LogP contribution in [0.2, 0.25) is 0 Å². The highest BCUT2D eigenvalue weighted by molar-refractivity contribution is 6.98. The average molecular weight is 596 g/mol. The molecular formula is C42H38BN3. The summed E-state index contributed by atoms with van der Waals surface area (Å²) in [6.45, 7) is 13.6. The highest BCUT2D eigenvalue weighted by Crippen LogP contribution is 2.38. The van der Waals surface area contributed by atoms with E-state index in [1.54, 1.807) is 6.33 Å². The molecule has 0 amide bonds. The molecule has 0 N–H and O–H groups in total. The van der Waals surface area contributed by atoms with Gasteiger partial charge in [-0.3, -0.25) is 4.90 Å². The van der Waals surface area contributed by atoms with Gasteiger partial charge in [-0.05, 0) is 82.0 Å². The Bertz CT molecular complexity index is 2140. The maximum Gasteiger partial charge on any atom is 0.243 e. The van der Waals surface area contributed by atoms with Crippen LogP contribution >= 0.6 is 0 Å². The topological polar surface area (TPSA) is 29.0 Å². The second-order valence-electron chi connectivity index (χ2n) is 12.7. The summed E-state index contributed by atoms with van der Waals surface area (Å²) in [7, 11) is 0. The predicted molar refractivity (Wildman–Crippen MR) is 198 cm³/mol. The van der Waals surface area contributed by atoms with E-state index in [2.05, 4.69) is 155 Å². The van der Waals surface area contributed by atoms with Crippen molar-refractivity contribution in [1.82, 2.24) is 9.97 Å². The third kappa shape index (κ3) is 5.24. The van der Waals surface area contributed by atoms with Crippen LogP contribution in [0.1, 0.15) is 33.4 Å². The SMILES string of the molecule is Cc1cc(C)c(B(c2c(C)cc(C)cc2C)c2ccc(N(c3ccc4ccccc4c3)c3ccncn3)c3ccccc23)c(C)c1. The molecule has 0 spiro atoms. The van der Waals surface area contributed by atoms with Crippen LogP contribution in [-0.4, -0.2) is 16.7 Å². The fourth-order valence-electron chi connectivity index (χ4n) is 7.63. The number of aryl methyl sites for hydroxylation is 6. The van der Waals surface area contributed by atoms with Gasteiger partial charge in [-0.25, -0.2) is 9.97 Å². The lowest BCUT2D eigenvalue weighted by Crippen LogP contribution is -2.56. The molecule has 3 nitrogen and oxygen atoms in total. The first-order chi connectivity index (χ1) is 22.3. The molecule has 0 radical (unpaired) electrons. The van der Waals surface area contributed by atoms with Crippen molar-refractivity contribution in [2.75, 3.05) is 4.90 Å². The monoisotopic (exact) mass is 595 g/mol. The molecule has 6 aromatic carbocycles. The molecule has 0 atom stereocenters. The molecule has 0 saturated carbocycles. The van der Waals surface area contributed by atoms with E-state index in [1.165, 1.54) is 71.3 Å². The summed E-state index contributed by atoms with van der Waals surface area (Å²) in [6.07, 6.45) is 3.44. The Hall–Kier alpha value is -5.22. The van der Waals surface area contributed by atoms with Gasteiger partial charge in [0.1, 0.15) is 12.1 Å². The Morgan fingerprint density at radius 2 is 1.13 bits per heavy atom. The van der Waals surface area contributed by atoms with Crippen molar-refractivity contribution >= 4 is 61.8 Å². The van der Waals surface area contributed by atoms with E-state index in [1.807, 2.05) is 12.3 Å². The van der Waals surface area contributed by atoms with Gasteiger partial charge in [0.25, 0.3) is 0 Å². The van der Waals surface area contributed by atoms with Crippen molar-refractivity contribution in [2.45, 2.75) is 41.5 Å². The standard InChI is InChI=1S/C42H38BN3/c1-27-21-29(3)41(30(4)22-27)43(42-31(5)23-28(2)24-32(42)6)38-17-18-39(37-14-10-9-13-36(37)38)46(40-19-20-44-26-45-40)35-16-15-33-11-7-8-12-34(33)25-35/h7-26H,1-6H3. The molecule has 0 bridgehead atoms. The molecule has 0 fully saturated rings. The Labute approximate surface area is 272 Å². The van der Waals surface area contributed by atoms with Crippen molar-refractivity contribution in [1.29, 1.82) is 0 Å². The zero-order valence-electron chi connectivity index (χ0n) is 27.5. The summed E-state index contributed by atoms with van der Waals surface area (Å²) in [5, 5.41) is 4.82. The second kappa shape index (κ2) is 11.9. The van der Waals surface area contributed by atoms with Gasteiger partial charge in [0, 0.05) is 17.3 Å². The predicted octanol–water partition coefficient (Wildman–Crippen LogP) is 8.62. The Morgan fingerprint density at radius 1 is 0.543 bits per heavy atom. The summed E-state index contributed by atoms with van der Waals surface area (Å²) in [4.78, 5) is 11.3. The molecule has 0 aliphatic heterocycles. The minimum Gasteiger partial charge on any atom is -0.294 e. The van der Waals surface area contributed by atoms with Crippen molar-refractivity contribution in [2.24, 2.45) is 0 Å². The molecule has 0 unspecified atom stereocenters. The van der Waals surface area contributed by atoms with Crippen LogP contribution in [-0.2, 0) is 0 Å². The number of hydrogen-bond donors (Lipinski definition) is 0. The Balaban J connectivity index is 1.52. The number of aromatic nitrogens is 2. The van der Waals surface area contributed by atoms with E-state index in [4.69, 9.17) is 4.98 Å². The summed E-state index contributed by atoms with van der Waals surface area (Å²) >= 11 is 0. The minimum absolute atomic E-state index is 0.0771. The number of hydrogen-bond acceptors (Lipinski definition) is 3. The molecule has 1 heterocycles. The van der Waals surface area contributed by atoms with Gasteiger partial charge in [0.15, 0.2) is 0 Å². The molecule has 4 heteroatoms. The molecule has 46 heavy (non-hydrogen) atoms. The maximum absolute atomic E-state index is 4.75. The lowest BCUT2D eigenvalue weighted by molar-refractivity contribution is 1.12. The van der Waals surface area contributed by atoms with Crippen molar-refractivity contribution in [3.05, 3.63) is 155 Å². The highest BCUT2D eigenvalue weighted by atomic mass is 15.2. The summed E-state index contributed by atoms with van der Waals surface area (Å²) in [6, 6.07) is 40.0. The summed E-state index contributed by atoms with van der Waals surface area (Å²) < 4.78 is 0. The highest BCUT2D eigenvalue weighted by Gasteiger charge is 2.31. The van der Waals surface area contributed by atoms with Gasteiger partial charge < -0.3 is 0 Å². The van der Waals surface area contributed by atoms with Gasteiger partial charge in [-0.2, -0.15) is 0 Å². The van der Waals surface area contributed by atoms with Crippen molar-refractivity contribution in [3.8, 4) is 0 Å². The zero-order valence-corrected chi connectivity index (χ0v) is 27.5. The Kier molecular flexibility index (Phi) is 7.66. The van der Waals surface area contributed by atoms with E-state index in [9.17, 15) is 0 Å². The van der Waals surface area contributed by atoms with E-state index < -0.39 is 0 Å². The first-order valence-electron chi connectivity index (χ1n) is 16.0. The third-order valence-electron chi connectivity index (χ3n) is 9.33. The fourth-order valence-corrected chi connectivity index (χ4v) is 7.63. The van der Waals surface area contributed by atoms with Gasteiger partial charge >= 0.3 is 0 Å². The third-order valence-corrected chi connectivity index (χ3v) is 9.33. The van der Waals surface area contributed by atoms with Crippen LogP contribution in [0, 0.1) is 41.5 Å². The lowest BCUT2D eigenvalue weighted by Gasteiger charge is -2.29. The average Bonchev–Trinajstić information content (AvgIpc) is 3.04. The van der Waals surface area contributed by atoms with Gasteiger partial charge in [0.05, 0.1) is 5.69 Å². The van der Waals surface area contributed by atoms with Crippen LogP contribution in [0.15, 0.2) is 122 Å². The molecule has 0 aliphatic carbocycles. The van der Waals surface area contributed by atoms with E-state index in [0.717, 1.165) is 17.2 Å². The molecule has 7 rings (SSSR count). The smallest absolute Gasteiger partial charge is 0.243 e. The van der Waals surface area contributed by atoms with Gasteiger partial charge in [-0.1, -0.05) is 135 Å². The van der Waals surface area contributed by atoms with E-state index in [-0.39, 0.29) is 6.71 Å². The molecule has 0 aliphatic rings. The lowest BCUT2D eigenvalue weighted by atomic mass is 9.33. The zero-order chi connectivity index (χ0) is 31.9. The number of anilines is 3. The minimum atomic E-state index is 0.0771. The van der Waals surface area contributed by atoms with Crippen molar-refractivity contribution < 1.29 is 0 Å². The molecule has 1 aromatic heterocycles. The molecule has 224 valence electrons. The van der Waals surface area contributed by atoms with Crippen LogP contribution in [0.25, 0.3) is 21.5 Å².